The van der Waals surface area contributed by atoms with E-state index in [1.54, 1.807) is 0 Å². The van der Waals surface area contributed by atoms with Gasteiger partial charge in [0.15, 0.2) is 11.8 Å². The number of aryl methyl sites for hydroxylation is 3. The Kier molecular flexibility index (Phi) is 6.40. The molecule has 0 atom stereocenters. The normalized spacial score (nSPS) is 14.2. The summed E-state index contributed by atoms with van der Waals surface area (Å²) in [7, 11) is 2.14. The van der Waals surface area contributed by atoms with Gasteiger partial charge in [-0.3, -0.25) is 0 Å². The van der Waals surface area contributed by atoms with Crippen LogP contribution in [0.4, 0.5) is 0 Å². The van der Waals surface area contributed by atoms with Gasteiger partial charge >= 0.3 is 0 Å². The van der Waals surface area contributed by atoms with Crippen molar-refractivity contribution in [1.82, 2.24) is 4.98 Å². The summed E-state index contributed by atoms with van der Waals surface area (Å²) in [4.78, 5) is 5.44. The highest BCUT2D eigenvalue weighted by Gasteiger charge is 2.45. The number of nitrogens with zero attached hydrogens (tertiary/aromatic N) is 2. The molecule has 6 rings (SSSR count). The topological polar surface area (TPSA) is 29.9 Å². The van der Waals surface area contributed by atoms with Crippen molar-refractivity contribution in [2.45, 2.75) is 79.6 Å². The second kappa shape index (κ2) is 9.58. The number of hydrogen-bond donors (Lipinski definition) is 0. The maximum Gasteiger partial charge on any atom is 0.227 e. The number of furan rings is 1. The summed E-state index contributed by atoms with van der Waals surface area (Å²) in [6, 6.07) is 18.2. The van der Waals surface area contributed by atoms with Gasteiger partial charge in [0.05, 0.1) is 11.3 Å². The minimum atomic E-state index is -0.101. The monoisotopic (exact) mass is 531 g/mol. The summed E-state index contributed by atoms with van der Waals surface area (Å²) >= 11 is 0. The van der Waals surface area contributed by atoms with Crippen molar-refractivity contribution < 1.29 is 8.98 Å². The highest BCUT2D eigenvalue weighted by Crippen LogP contribution is 2.55. The van der Waals surface area contributed by atoms with Crippen molar-refractivity contribution >= 4 is 22.1 Å². The molecule has 206 valence electrons. The maximum absolute atomic E-state index is 6.81. The lowest BCUT2D eigenvalue weighted by Crippen LogP contribution is -2.32. The zero-order valence-electron chi connectivity index (χ0n) is 25.6. The second-order valence-electron chi connectivity index (χ2n) is 13.4. The second-order valence-corrected chi connectivity index (χ2v) is 13.4. The zero-order valence-corrected chi connectivity index (χ0v) is 25.6. The van der Waals surface area contributed by atoms with Gasteiger partial charge < -0.3 is 4.42 Å². The molecular weight excluding hydrogens is 488 g/mol. The van der Waals surface area contributed by atoms with Crippen LogP contribution in [0.3, 0.4) is 0 Å². The van der Waals surface area contributed by atoms with Crippen LogP contribution in [0.2, 0.25) is 0 Å². The third-order valence-corrected chi connectivity index (χ3v) is 8.94. The molecule has 0 fully saturated rings. The van der Waals surface area contributed by atoms with Gasteiger partial charge in [-0.2, -0.15) is 0 Å². The predicted octanol–water partition coefficient (Wildman–Crippen LogP) is 9.57. The molecule has 0 bridgehead atoms. The van der Waals surface area contributed by atoms with Crippen molar-refractivity contribution in [1.29, 1.82) is 0 Å². The Morgan fingerprint density at radius 1 is 0.825 bits per heavy atom. The first kappa shape index (κ1) is 26.7. The van der Waals surface area contributed by atoms with Crippen molar-refractivity contribution in [3.63, 3.8) is 0 Å². The zero-order chi connectivity index (χ0) is 28.5. The first-order valence-corrected chi connectivity index (χ1v) is 15.0. The van der Waals surface area contributed by atoms with E-state index < -0.39 is 0 Å². The average molecular weight is 532 g/mol. The van der Waals surface area contributed by atoms with Gasteiger partial charge in [-0.05, 0) is 72.8 Å². The molecule has 0 unspecified atom stereocenters. The molecule has 3 heterocycles. The summed E-state index contributed by atoms with van der Waals surface area (Å²) in [6.07, 6.45) is 4.41. The third kappa shape index (κ3) is 4.00. The Morgan fingerprint density at radius 2 is 1.52 bits per heavy atom. The largest absolute Gasteiger partial charge is 0.437 e. The van der Waals surface area contributed by atoms with Crippen molar-refractivity contribution in [3.05, 3.63) is 82.7 Å². The number of hydrogen-bond acceptors (Lipinski definition) is 2. The minimum absolute atomic E-state index is 0.101. The number of pyridine rings is 2. The fraction of sp³-hybridized carbons (Fsp3) is 0.405. The Bertz CT molecular complexity index is 1760. The summed E-state index contributed by atoms with van der Waals surface area (Å²) in [5.74, 6) is 1.56. The number of benzene rings is 2. The molecule has 3 nitrogen and oxygen atoms in total. The molecule has 40 heavy (non-hydrogen) atoms. The van der Waals surface area contributed by atoms with E-state index in [9.17, 15) is 0 Å². The van der Waals surface area contributed by atoms with Crippen LogP contribution >= 0.6 is 0 Å². The predicted molar refractivity (Wildman–Crippen MR) is 167 cm³/mol. The third-order valence-electron chi connectivity index (χ3n) is 8.94. The van der Waals surface area contributed by atoms with Crippen LogP contribution in [0.25, 0.3) is 44.5 Å². The van der Waals surface area contributed by atoms with Gasteiger partial charge in [0, 0.05) is 33.4 Å². The molecule has 0 saturated heterocycles. The molecule has 0 saturated carbocycles. The van der Waals surface area contributed by atoms with Gasteiger partial charge in [-0.25, -0.2) is 9.55 Å². The lowest BCUT2D eigenvalue weighted by atomic mass is 9.69. The lowest BCUT2D eigenvalue weighted by molar-refractivity contribution is -0.660. The molecule has 3 aromatic heterocycles. The van der Waals surface area contributed by atoms with Crippen molar-refractivity contribution in [2.24, 2.45) is 18.9 Å². The van der Waals surface area contributed by atoms with Crippen LogP contribution in [0.1, 0.15) is 88.2 Å². The molecule has 3 heteroatoms. The van der Waals surface area contributed by atoms with Gasteiger partial charge in [0.1, 0.15) is 7.05 Å². The standard InChI is InChI=1S/C37H43N2O/c1-21(2)18-37(19-22(3)4)31-13-11-10-12-26(31)29-16-30-27-15-14-24(7)33(34(27)40-36(30)38-35(29)37)32-17-28(23(5)6)25(8)20-39(32)9/h10-17,20-23H,18-19H2,1-9H3/q+1. The molecule has 0 radical (unpaired) electrons. The average Bonchev–Trinajstić information content (AvgIpc) is 3.36. The van der Waals surface area contributed by atoms with Crippen LogP contribution in [0, 0.1) is 25.7 Å². The SMILES string of the molecule is Cc1c[n+](C)c(-c2c(C)ccc3c2oc2nc4c(cc23)-c2ccccc2C4(CC(C)C)CC(C)C)cc1C(C)C. The molecule has 1 aliphatic carbocycles. The fourth-order valence-electron chi connectivity index (χ4n) is 7.57. The Morgan fingerprint density at radius 3 is 2.20 bits per heavy atom. The Balaban J connectivity index is 1.66. The Hall–Kier alpha value is -3.46. The van der Waals surface area contributed by atoms with Crippen LogP contribution in [-0.2, 0) is 12.5 Å². The first-order chi connectivity index (χ1) is 19.0. The quantitative estimate of drug-likeness (QED) is 0.204. The highest BCUT2D eigenvalue weighted by atomic mass is 16.3. The summed E-state index contributed by atoms with van der Waals surface area (Å²) in [5.41, 5.74) is 13.1. The van der Waals surface area contributed by atoms with E-state index in [0.717, 1.165) is 40.5 Å². The molecule has 0 aliphatic heterocycles. The van der Waals surface area contributed by atoms with E-state index in [2.05, 4.69) is 122 Å². The highest BCUT2D eigenvalue weighted by molar-refractivity contribution is 6.10. The van der Waals surface area contributed by atoms with E-state index in [1.165, 1.54) is 44.8 Å². The molecule has 0 amide bonds. The summed E-state index contributed by atoms with van der Waals surface area (Å²) in [5, 5.41) is 2.24. The van der Waals surface area contributed by atoms with E-state index in [4.69, 9.17) is 9.40 Å². The van der Waals surface area contributed by atoms with Crippen LogP contribution in [-0.4, -0.2) is 4.98 Å². The van der Waals surface area contributed by atoms with Crippen LogP contribution in [0.15, 0.2) is 59.1 Å². The smallest absolute Gasteiger partial charge is 0.227 e. The lowest BCUT2D eigenvalue weighted by Gasteiger charge is -2.34. The van der Waals surface area contributed by atoms with Gasteiger partial charge in [-0.15, -0.1) is 0 Å². The Labute approximate surface area is 239 Å². The van der Waals surface area contributed by atoms with Crippen LogP contribution < -0.4 is 4.57 Å². The molecule has 2 aromatic carbocycles. The first-order valence-electron chi connectivity index (χ1n) is 15.0. The summed E-state index contributed by atoms with van der Waals surface area (Å²) in [6.45, 7) is 18.3. The number of aromatic nitrogens is 2. The van der Waals surface area contributed by atoms with E-state index in [-0.39, 0.29) is 5.41 Å². The minimum Gasteiger partial charge on any atom is -0.437 e. The number of fused-ring (bicyclic) bond motifs is 6. The van der Waals surface area contributed by atoms with Gasteiger partial charge in [0.2, 0.25) is 11.4 Å². The van der Waals surface area contributed by atoms with Crippen LogP contribution in [0.5, 0.6) is 0 Å². The molecular formula is C37H43N2O+. The van der Waals surface area contributed by atoms with Gasteiger partial charge in [0.25, 0.3) is 0 Å². The fourth-order valence-corrected chi connectivity index (χ4v) is 7.57. The number of rotatable bonds is 6. The molecule has 1 aliphatic rings. The summed E-state index contributed by atoms with van der Waals surface area (Å²) < 4.78 is 9.05. The van der Waals surface area contributed by atoms with E-state index in [1.807, 2.05) is 0 Å². The van der Waals surface area contributed by atoms with Crippen molar-refractivity contribution in [2.75, 3.05) is 0 Å². The van der Waals surface area contributed by atoms with Gasteiger partial charge in [-0.1, -0.05) is 77.9 Å². The molecule has 0 N–H and O–H groups in total. The maximum atomic E-state index is 6.81. The van der Waals surface area contributed by atoms with Crippen molar-refractivity contribution in [3.8, 4) is 22.4 Å². The molecule has 5 aromatic rings. The van der Waals surface area contributed by atoms with E-state index in [0.29, 0.717) is 17.8 Å². The van der Waals surface area contributed by atoms with E-state index >= 15 is 0 Å². The molecule has 0 spiro atoms.